The lowest BCUT2D eigenvalue weighted by Crippen LogP contribution is -1.75. The molecular weight excluding hydrogens is 256 g/mol. The molecule has 0 radical (unpaired) electrons. The smallest absolute Gasteiger partial charge is 0.131 e. The largest absolute Gasteiger partial charge is 0.333 e. The van der Waals surface area contributed by atoms with Crippen molar-refractivity contribution in [1.82, 2.24) is 0 Å². The number of benzene rings is 2. The highest BCUT2D eigenvalue weighted by atomic mass is 32.2. The normalized spacial score (nSPS) is 11.2. The summed E-state index contributed by atoms with van der Waals surface area (Å²) in [6.45, 7) is 0. The SMILES string of the molecule is C(=C\c1ccccc1)/OOS/C=C/c1ccccc1. The zero-order valence-electron chi connectivity index (χ0n) is 10.3. The molecule has 2 aromatic rings. The summed E-state index contributed by atoms with van der Waals surface area (Å²) in [6, 6.07) is 19.9. The van der Waals surface area contributed by atoms with E-state index < -0.39 is 0 Å². The van der Waals surface area contributed by atoms with Crippen LogP contribution < -0.4 is 0 Å². The average Bonchev–Trinajstić information content (AvgIpc) is 2.48. The first-order valence-corrected chi connectivity index (χ1v) is 6.67. The Kier molecular flexibility index (Phi) is 5.80. The summed E-state index contributed by atoms with van der Waals surface area (Å²) < 4.78 is 4.92. The lowest BCUT2D eigenvalue weighted by Gasteiger charge is -1.95. The average molecular weight is 270 g/mol. The van der Waals surface area contributed by atoms with Gasteiger partial charge in [0, 0.05) is 5.41 Å². The molecule has 2 rings (SSSR count). The van der Waals surface area contributed by atoms with Gasteiger partial charge in [-0.1, -0.05) is 60.7 Å². The third-order valence-corrected chi connectivity index (χ3v) is 2.71. The Morgan fingerprint density at radius 2 is 1.32 bits per heavy atom. The van der Waals surface area contributed by atoms with Gasteiger partial charge in [0.15, 0.2) is 0 Å². The van der Waals surface area contributed by atoms with Crippen molar-refractivity contribution in [2.24, 2.45) is 0 Å². The molecule has 0 aliphatic carbocycles. The van der Waals surface area contributed by atoms with Crippen molar-refractivity contribution < 1.29 is 9.22 Å². The van der Waals surface area contributed by atoms with E-state index in [-0.39, 0.29) is 0 Å². The fourth-order valence-corrected chi connectivity index (χ4v) is 1.76. The van der Waals surface area contributed by atoms with E-state index in [0.717, 1.165) is 23.2 Å². The third kappa shape index (κ3) is 5.46. The van der Waals surface area contributed by atoms with Crippen LogP contribution in [-0.4, -0.2) is 0 Å². The maximum absolute atomic E-state index is 4.92. The first kappa shape index (κ1) is 13.5. The molecule has 0 spiro atoms. The topological polar surface area (TPSA) is 18.5 Å². The molecule has 2 nitrogen and oxygen atoms in total. The van der Waals surface area contributed by atoms with E-state index in [4.69, 9.17) is 9.22 Å². The number of hydrogen-bond acceptors (Lipinski definition) is 3. The second kappa shape index (κ2) is 8.19. The lowest BCUT2D eigenvalue weighted by atomic mass is 10.2. The Hall–Kier alpha value is -1.97. The van der Waals surface area contributed by atoms with E-state index in [0.29, 0.717) is 0 Å². The van der Waals surface area contributed by atoms with Gasteiger partial charge in [-0.3, -0.25) is 0 Å². The van der Waals surface area contributed by atoms with E-state index >= 15 is 0 Å². The van der Waals surface area contributed by atoms with Gasteiger partial charge >= 0.3 is 0 Å². The Morgan fingerprint density at radius 1 is 0.737 bits per heavy atom. The highest BCUT2D eigenvalue weighted by Crippen LogP contribution is 2.10. The van der Waals surface area contributed by atoms with Crippen molar-refractivity contribution in [3.05, 3.63) is 83.5 Å². The molecule has 0 unspecified atom stereocenters. The molecule has 0 aliphatic heterocycles. The van der Waals surface area contributed by atoms with Gasteiger partial charge in [-0.05, 0) is 23.3 Å². The molecule has 0 aromatic heterocycles. The molecule has 0 saturated heterocycles. The fraction of sp³-hybridized carbons (Fsp3) is 0. The van der Waals surface area contributed by atoms with Crippen LogP contribution in [0.4, 0.5) is 0 Å². The van der Waals surface area contributed by atoms with Crippen LogP contribution in [0.2, 0.25) is 0 Å². The predicted octanol–water partition coefficient (Wildman–Crippen LogP) is 4.92. The molecule has 3 heteroatoms. The molecule has 0 saturated carbocycles. The minimum atomic E-state index is 1.07. The van der Waals surface area contributed by atoms with E-state index in [1.165, 1.54) is 6.26 Å². The Balaban J connectivity index is 1.65. The summed E-state index contributed by atoms with van der Waals surface area (Å²) in [5.74, 6) is 0. The van der Waals surface area contributed by atoms with Crippen molar-refractivity contribution in [3.63, 3.8) is 0 Å². The molecule has 0 bridgehead atoms. The van der Waals surface area contributed by atoms with Gasteiger partial charge in [0.2, 0.25) is 0 Å². The summed E-state index contributed by atoms with van der Waals surface area (Å²) in [5.41, 5.74) is 2.19. The summed E-state index contributed by atoms with van der Waals surface area (Å²) in [7, 11) is 0. The second-order valence-corrected chi connectivity index (χ2v) is 4.29. The molecule has 0 heterocycles. The minimum Gasteiger partial charge on any atom is -0.333 e. The van der Waals surface area contributed by atoms with Crippen molar-refractivity contribution in [2.45, 2.75) is 0 Å². The van der Waals surface area contributed by atoms with Gasteiger partial charge in [0.05, 0.1) is 12.0 Å². The van der Waals surface area contributed by atoms with Crippen LogP contribution in [0.1, 0.15) is 11.1 Å². The lowest BCUT2D eigenvalue weighted by molar-refractivity contribution is -0.127. The molecule has 2 aromatic carbocycles. The van der Waals surface area contributed by atoms with Gasteiger partial charge in [-0.15, -0.1) is 4.33 Å². The first-order valence-electron chi connectivity index (χ1n) is 5.87. The molecule has 0 N–H and O–H groups in total. The van der Waals surface area contributed by atoms with Crippen molar-refractivity contribution in [2.75, 3.05) is 0 Å². The van der Waals surface area contributed by atoms with E-state index in [9.17, 15) is 0 Å². The molecular formula is C16H14O2S. The number of rotatable bonds is 6. The fourth-order valence-electron chi connectivity index (χ4n) is 1.41. The van der Waals surface area contributed by atoms with Gasteiger partial charge in [0.1, 0.15) is 6.26 Å². The maximum Gasteiger partial charge on any atom is 0.131 e. The third-order valence-electron chi connectivity index (χ3n) is 2.31. The first-order chi connectivity index (χ1) is 9.45. The Morgan fingerprint density at radius 3 is 1.95 bits per heavy atom. The van der Waals surface area contributed by atoms with E-state index in [2.05, 4.69) is 0 Å². The number of hydrogen-bond donors (Lipinski definition) is 0. The van der Waals surface area contributed by atoms with Crippen LogP contribution in [0.15, 0.2) is 72.3 Å². The summed E-state index contributed by atoms with van der Waals surface area (Å²) >= 11 is 1.13. The van der Waals surface area contributed by atoms with Crippen LogP contribution >= 0.6 is 12.0 Å². The Labute approximate surface area is 117 Å². The highest BCUT2D eigenvalue weighted by Gasteiger charge is 1.85. The van der Waals surface area contributed by atoms with Gasteiger partial charge in [-0.25, -0.2) is 0 Å². The second-order valence-electron chi connectivity index (χ2n) is 3.69. The molecule has 19 heavy (non-hydrogen) atoms. The van der Waals surface area contributed by atoms with E-state index in [1.807, 2.05) is 78.2 Å². The summed E-state index contributed by atoms with van der Waals surface area (Å²) in [4.78, 5) is 4.91. The predicted molar refractivity (Wildman–Crippen MR) is 80.7 cm³/mol. The zero-order valence-corrected chi connectivity index (χ0v) is 11.1. The quantitative estimate of drug-likeness (QED) is 0.244. The van der Waals surface area contributed by atoms with E-state index in [1.54, 1.807) is 0 Å². The van der Waals surface area contributed by atoms with Crippen molar-refractivity contribution in [3.8, 4) is 0 Å². The maximum atomic E-state index is 4.92. The summed E-state index contributed by atoms with van der Waals surface area (Å²) in [6.07, 6.45) is 5.30. The molecule has 0 amide bonds. The summed E-state index contributed by atoms with van der Waals surface area (Å²) in [5, 5.41) is 1.83. The molecule has 0 aliphatic rings. The van der Waals surface area contributed by atoms with Crippen LogP contribution in [0.5, 0.6) is 0 Å². The Bertz CT molecular complexity index is 471. The van der Waals surface area contributed by atoms with Gasteiger partial charge in [0.25, 0.3) is 0 Å². The van der Waals surface area contributed by atoms with Crippen LogP contribution in [-0.2, 0) is 9.22 Å². The van der Waals surface area contributed by atoms with Gasteiger partial charge < -0.3 is 4.89 Å². The zero-order chi connectivity index (χ0) is 13.2. The monoisotopic (exact) mass is 270 g/mol. The molecule has 0 fully saturated rings. The molecule has 96 valence electrons. The van der Waals surface area contributed by atoms with Crippen LogP contribution in [0, 0.1) is 0 Å². The van der Waals surface area contributed by atoms with Crippen molar-refractivity contribution in [1.29, 1.82) is 0 Å². The highest BCUT2D eigenvalue weighted by molar-refractivity contribution is 7.97. The minimum absolute atomic E-state index is 1.07. The van der Waals surface area contributed by atoms with Gasteiger partial charge in [-0.2, -0.15) is 0 Å². The van der Waals surface area contributed by atoms with Crippen molar-refractivity contribution >= 4 is 24.2 Å². The van der Waals surface area contributed by atoms with Crippen LogP contribution in [0.25, 0.3) is 12.2 Å². The molecule has 0 atom stereocenters. The standard InChI is InChI=1S/C16H14O2S/c1-3-7-15(8-4-1)11-13-17-18-19-14-12-16-9-5-2-6-10-16/h1-14H/b13-11+,14-12+. The van der Waals surface area contributed by atoms with Crippen LogP contribution in [0.3, 0.4) is 0 Å².